The number of fused-ring (bicyclic) bond motifs is 2. The Hall–Kier alpha value is -1.10. The molecule has 2 fully saturated rings. The van der Waals surface area contributed by atoms with E-state index in [1.54, 1.807) is 6.92 Å². The van der Waals surface area contributed by atoms with Gasteiger partial charge in [-0.2, -0.15) is 0 Å². The average molecular weight is 266 g/mol. The van der Waals surface area contributed by atoms with E-state index in [4.69, 9.17) is 5.11 Å². The molecule has 2 bridgehead atoms. The Morgan fingerprint density at radius 1 is 1.50 bits per heavy atom. The minimum absolute atomic E-state index is 0.352. The number of rotatable bonds is 4. The van der Waals surface area contributed by atoms with Crippen molar-refractivity contribution >= 4 is 22.4 Å². The Kier molecular flexibility index (Phi) is 3.01. The van der Waals surface area contributed by atoms with Crippen LogP contribution in [0.1, 0.15) is 41.0 Å². The second-order valence-corrected chi connectivity index (χ2v) is 6.55. The topological polar surface area (TPSA) is 62.2 Å². The molecule has 0 radical (unpaired) electrons. The van der Waals surface area contributed by atoms with Crippen molar-refractivity contribution in [3.8, 4) is 0 Å². The van der Waals surface area contributed by atoms with Gasteiger partial charge in [0.25, 0.3) is 0 Å². The molecule has 3 rings (SSSR count). The molecule has 2 saturated carbocycles. The Labute approximate surface area is 110 Å². The second kappa shape index (κ2) is 4.53. The van der Waals surface area contributed by atoms with Crippen molar-refractivity contribution < 1.29 is 9.90 Å². The van der Waals surface area contributed by atoms with Crippen LogP contribution in [0.4, 0.5) is 5.13 Å². The Bertz CT molecular complexity index is 472. The Balaban J connectivity index is 1.60. The van der Waals surface area contributed by atoms with Crippen LogP contribution in [0, 0.1) is 24.7 Å². The first kappa shape index (κ1) is 12.0. The SMILES string of the molecule is Cc1nc(NCC2CC3CCC2C3)sc1C(=O)O. The highest BCUT2D eigenvalue weighted by Crippen LogP contribution is 2.48. The Morgan fingerprint density at radius 2 is 2.33 bits per heavy atom. The number of nitrogens with zero attached hydrogens (tertiary/aromatic N) is 1. The molecule has 4 nitrogen and oxygen atoms in total. The molecule has 5 heteroatoms. The van der Waals surface area contributed by atoms with E-state index < -0.39 is 5.97 Å². The van der Waals surface area contributed by atoms with Gasteiger partial charge in [0.15, 0.2) is 5.13 Å². The number of carboxylic acids is 1. The maximum absolute atomic E-state index is 10.9. The van der Waals surface area contributed by atoms with Gasteiger partial charge in [-0.25, -0.2) is 9.78 Å². The van der Waals surface area contributed by atoms with Crippen LogP contribution in [0.25, 0.3) is 0 Å². The van der Waals surface area contributed by atoms with Gasteiger partial charge in [0.2, 0.25) is 0 Å². The molecule has 98 valence electrons. The quantitative estimate of drug-likeness (QED) is 0.879. The number of carbonyl (C=O) groups is 1. The molecular formula is C13H18N2O2S. The number of aromatic carboxylic acids is 1. The molecule has 3 atom stereocenters. The summed E-state index contributed by atoms with van der Waals surface area (Å²) < 4.78 is 0. The monoisotopic (exact) mass is 266 g/mol. The Morgan fingerprint density at radius 3 is 2.89 bits per heavy atom. The molecule has 2 aliphatic rings. The molecule has 2 aliphatic carbocycles. The lowest BCUT2D eigenvalue weighted by molar-refractivity contribution is 0.0701. The van der Waals surface area contributed by atoms with Crippen molar-refractivity contribution in [3.05, 3.63) is 10.6 Å². The van der Waals surface area contributed by atoms with Crippen LogP contribution in [0.3, 0.4) is 0 Å². The maximum Gasteiger partial charge on any atom is 0.347 e. The molecule has 0 aliphatic heterocycles. The van der Waals surface area contributed by atoms with Crippen molar-refractivity contribution in [3.63, 3.8) is 0 Å². The van der Waals surface area contributed by atoms with E-state index in [9.17, 15) is 4.79 Å². The minimum Gasteiger partial charge on any atom is -0.477 e. The van der Waals surface area contributed by atoms with Gasteiger partial charge in [-0.15, -0.1) is 0 Å². The lowest BCUT2D eigenvalue weighted by Crippen LogP contribution is -2.19. The normalized spacial score (nSPS) is 29.7. The summed E-state index contributed by atoms with van der Waals surface area (Å²) in [6, 6.07) is 0. The van der Waals surface area contributed by atoms with Gasteiger partial charge in [0.05, 0.1) is 5.69 Å². The number of anilines is 1. The highest BCUT2D eigenvalue weighted by Gasteiger charge is 2.39. The van der Waals surface area contributed by atoms with E-state index in [0.29, 0.717) is 10.6 Å². The molecule has 2 N–H and O–H groups in total. The summed E-state index contributed by atoms with van der Waals surface area (Å²) in [7, 11) is 0. The maximum atomic E-state index is 10.9. The molecule has 0 saturated heterocycles. The van der Waals surface area contributed by atoms with Gasteiger partial charge in [0, 0.05) is 6.54 Å². The smallest absolute Gasteiger partial charge is 0.347 e. The van der Waals surface area contributed by atoms with Crippen molar-refractivity contribution in [2.45, 2.75) is 32.6 Å². The van der Waals surface area contributed by atoms with E-state index in [0.717, 1.165) is 29.4 Å². The van der Waals surface area contributed by atoms with Crippen LogP contribution in [0.15, 0.2) is 0 Å². The van der Waals surface area contributed by atoms with Crippen LogP contribution >= 0.6 is 11.3 Å². The standard InChI is InChI=1S/C13H18N2O2S/c1-7-11(12(16)17)18-13(15-7)14-6-10-5-8-2-3-9(10)4-8/h8-10H,2-6H2,1H3,(H,14,15)(H,16,17). The van der Waals surface area contributed by atoms with Crippen molar-refractivity contribution in [1.29, 1.82) is 0 Å². The second-order valence-electron chi connectivity index (χ2n) is 5.55. The molecule has 0 aromatic carbocycles. The summed E-state index contributed by atoms with van der Waals surface area (Å²) in [6.07, 6.45) is 5.55. The molecule has 1 heterocycles. The third-order valence-corrected chi connectivity index (χ3v) is 5.49. The number of hydrogen-bond donors (Lipinski definition) is 2. The van der Waals surface area contributed by atoms with Crippen molar-refractivity contribution in [1.82, 2.24) is 4.98 Å². The zero-order valence-corrected chi connectivity index (χ0v) is 11.3. The van der Waals surface area contributed by atoms with Gasteiger partial charge in [-0.1, -0.05) is 17.8 Å². The summed E-state index contributed by atoms with van der Waals surface area (Å²) in [5, 5.41) is 13.1. The van der Waals surface area contributed by atoms with Crippen LogP contribution in [0.2, 0.25) is 0 Å². The van der Waals surface area contributed by atoms with Crippen LogP contribution in [-0.2, 0) is 0 Å². The largest absolute Gasteiger partial charge is 0.477 e. The van der Waals surface area contributed by atoms with Gasteiger partial charge >= 0.3 is 5.97 Å². The fourth-order valence-electron chi connectivity index (χ4n) is 3.52. The molecule has 0 amide bonds. The van der Waals surface area contributed by atoms with Gasteiger partial charge < -0.3 is 10.4 Å². The van der Waals surface area contributed by atoms with E-state index in [-0.39, 0.29) is 0 Å². The first-order chi connectivity index (χ1) is 8.63. The lowest BCUT2D eigenvalue weighted by atomic mass is 9.89. The number of aromatic nitrogens is 1. The average Bonchev–Trinajstić information content (AvgIpc) is 3.00. The summed E-state index contributed by atoms with van der Waals surface area (Å²) in [5.41, 5.74) is 0.614. The molecular weight excluding hydrogens is 248 g/mol. The third kappa shape index (κ3) is 2.11. The zero-order chi connectivity index (χ0) is 12.7. The predicted molar refractivity (Wildman–Crippen MR) is 71.2 cm³/mol. The number of carboxylic acid groups (broad SMARTS) is 1. The highest BCUT2D eigenvalue weighted by molar-refractivity contribution is 7.17. The number of aryl methyl sites for hydroxylation is 1. The first-order valence-electron chi connectivity index (χ1n) is 6.58. The van der Waals surface area contributed by atoms with E-state index in [2.05, 4.69) is 10.3 Å². The summed E-state index contributed by atoms with van der Waals surface area (Å²) in [4.78, 5) is 15.6. The minimum atomic E-state index is -0.877. The highest BCUT2D eigenvalue weighted by atomic mass is 32.1. The number of thiazole rings is 1. The van der Waals surface area contributed by atoms with E-state index in [1.165, 1.54) is 37.0 Å². The van der Waals surface area contributed by atoms with Crippen molar-refractivity contribution in [2.24, 2.45) is 17.8 Å². The predicted octanol–water partition coefficient (Wildman–Crippen LogP) is 3.00. The molecule has 18 heavy (non-hydrogen) atoms. The summed E-state index contributed by atoms with van der Waals surface area (Å²) in [6.45, 7) is 2.70. The summed E-state index contributed by atoms with van der Waals surface area (Å²) in [5.74, 6) is 1.73. The number of hydrogen-bond acceptors (Lipinski definition) is 4. The lowest BCUT2D eigenvalue weighted by Gasteiger charge is -2.21. The summed E-state index contributed by atoms with van der Waals surface area (Å²) >= 11 is 1.25. The molecule has 0 spiro atoms. The molecule has 3 unspecified atom stereocenters. The van der Waals surface area contributed by atoms with Gasteiger partial charge in [-0.05, 0) is 43.9 Å². The van der Waals surface area contributed by atoms with Crippen molar-refractivity contribution in [2.75, 3.05) is 11.9 Å². The molecule has 1 aromatic heterocycles. The van der Waals surface area contributed by atoms with E-state index in [1.807, 2.05) is 0 Å². The van der Waals surface area contributed by atoms with Gasteiger partial charge in [-0.3, -0.25) is 0 Å². The molecule has 1 aromatic rings. The van der Waals surface area contributed by atoms with Gasteiger partial charge in [0.1, 0.15) is 4.88 Å². The number of nitrogens with one attached hydrogen (secondary N) is 1. The zero-order valence-electron chi connectivity index (χ0n) is 10.5. The fraction of sp³-hybridized carbons (Fsp3) is 0.692. The third-order valence-electron chi connectivity index (χ3n) is 4.39. The van der Waals surface area contributed by atoms with E-state index >= 15 is 0 Å². The van der Waals surface area contributed by atoms with Crippen LogP contribution in [0.5, 0.6) is 0 Å². The van der Waals surface area contributed by atoms with Crippen LogP contribution < -0.4 is 5.32 Å². The first-order valence-corrected chi connectivity index (χ1v) is 7.39. The van der Waals surface area contributed by atoms with Crippen LogP contribution in [-0.4, -0.2) is 22.6 Å². The fourth-order valence-corrected chi connectivity index (χ4v) is 4.33.